The van der Waals surface area contributed by atoms with Crippen molar-refractivity contribution in [2.75, 3.05) is 32.9 Å². The van der Waals surface area contributed by atoms with E-state index in [0.29, 0.717) is 32.1 Å². The van der Waals surface area contributed by atoms with E-state index >= 15 is 0 Å². The first-order chi connectivity index (χ1) is 10.2. The maximum absolute atomic E-state index is 12.0. The normalized spacial score (nSPS) is 21.8. The summed E-state index contributed by atoms with van der Waals surface area (Å²) in [6.45, 7) is 2.48. The standard InChI is InChI=1S/C16H21NO4/c18-15-3-1-2-12-4-5-13(10-14(12)15)21-11-16(19)17-6-8-20-9-7-17/h4-5,10,15,18H,1-3,6-9,11H2/t15-/m0/s1. The molecule has 1 saturated heterocycles. The Bertz CT molecular complexity index is 511. The van der Waals surface area contributed by atoms with Crippen LogP contribution in [0.2, 0.25) is 0 Å². The number of hydrogen-bond donors (Lipinski definition) is 1. The molecule has 0 aromatic heterocycles. The molecule has 1 aliphatic heterocycles. The molecule has 1 amide bonds. The molecule has 2 aliphatic rings. The van der Waals surface area contributed by atoms with E-state index in [1.54, 1.807) is 4.90 Å². The molecule has 1 aliphatic carbocycles. The molecule has 3 rings (SSSR count). The molecule has 0 unspecified atom stereocenters. The van der Waals surface area contributed by atoms with Crippen molar-refractivity contribution in [3.05, 3.63) is 29.3 Å². The Labute approximate surface area is 124 Å². The SMILES string of the molecule is O=C(COc1ccc2c(c1)[C@@H](O)CCC2)N1CCOCC1. The minimum Gasteiger partial charge on any atom is -0.484 e. The van der Waals surface area contributed by atoms with Crippen LogP contribution in [0.4, 0.5) is 0 Å². The molecule has 1 aromatic carbocycles. The Morgan fingerprint density at radius 1 is 1.38 bits per heavy atom. The van der Waals surface area contributed by atoms with Crippen LogP contribution >= 0.6 is 0 Å². The molecule has 1 atom stereocenters. The van der Waals surface area contributed by atoms with E-state index in [1.807, 2.05) is 18.2 Å². The maximum atomic E-state index is 12.0. The molecular weight excluding hydrogens is 270 g/mol. The molecule has 5 heteroatoms. The Morgan fingerprint density at radius 2 is 2.19 bits per heavy atom. The van der Waals surface area contributed by atoms with Gasteiger partial charge in [-0.15, -0.1) is 0 Å². The van der Waals surface area contributed by atoms with E-state index in [1.165, 1.54) is 5.56 Å². The zero-order chi connectivity index (χ0) is 14.7. The van der Waals surface area contributed by atoms with Gasteiger partial charge in [-0.25, -0.2) is 0 Å². The average Bonchev–Trinajstić information content (AvgIpc) is 2.54. The fourth-order valence-corrected chi connectivity index (χ4v) is 2.89. The highest BCUT2D eigenvalue weighted by molar-refractivity contribution is 5.77. The van der Waals surface area contributed by atoms with Crippen LogP contribution in [0, 0.1) is 0 Å². The Hall–Kier alpha value is -1.59. The van der Waals surface area contributed by atoms with Crippen molar-refractivity contribution in [1.29, 1.82) is 0 Å². The van der Waals surface area contributed by atoms with Crippen molar-refractivity contribution in [3.8, 4) is 5.75 Å². The number of aryl methyl sites for hydroxylation is 1. The quantitative estimate of drug-likeness (QED) is 0.912. The van der Waals surface area contributed by atoms with E-state index in [9.17, 15) is 9.90 Å². The number of aliphatic hydroxyl groups is 1. The van der Waals surface area contributed by atoms with Crippen molar-refractivity contribution < 1.29 is 19.4 Å². The lowest BCUT2D eigenvalue weighted by Crippen LogP contribution is -2.42. The summed E-state index contributed by atoms with van der Waals surface area (Å²) in [7, 11) is 0. The number of carbonyl (C=O) groups is 1. The lowest BCUT2D eigenvalue weighted by atomic mass is 9.89. The van der Waals surface area contributed by atoms with Gasteiger partial charge in [0.25, 0.3) is 5.91 Å². The first-order valence-electron chi connectivity index (χ1n) is 7.53. The van der Waals surface area contributed by atoms with Crippen LogP contribution in [-0.2, 0) is 16.0 Å². The van der Waals surface area contributed by atoms with Gasteiger partial charge in [-0.05, 0) is 42.5 Å². The second kappa shape index (κ2) is 6.45. The second-order valence-electron chi connectivity index (χ2n) is 5.55. The summed E-state index contributed by atoms with van der Waals surface area (Å²) in [6.07, 6.45) is 2.40. The van der Waals surface area contributed by atoms with E-state index < -0.39 is 6.10 Å². The van der Waals surface area contributed by atoms with Crippen molar-refractivity contribution in [1.82, 2.24) is 4.90 Å². The van der Waals surface area contributed by atoms with Crippen LogP contribution in [0.3, 0.4) is 0 Å². The first kappa shape index (κ1) is 14.4. The zero-order valence-corrected chi connectivity index (χ0v) is 12.1. The number of morpholine rings is 1. The lowest BCUT2D eigenvalue weighted by Gasteiger charge is -2.27. The van der Waals surface area contributed by atoms with Gasteiger partial charge in [-0.1, -0.05) is 6.07 Å². The van der Waals surface area contributed by atoms with Crippen LogP contribution in [0.1, 0.15) is 30.1 Å². The van der Waals surface area contributed by atoms with Crippen LogP contribution in [-0.4, -0.2) is 48.8 Å². The van der Waals surface area contributed by atoms with E-state index in [2.05, 4.69) is 0 Å². The Morgan fingerprint density at radius 3 is 3.00 bits per heavy atom. The van der Waals surface area contributed by atoms with Gasteiger partial charge in [-0.3, -0.25) is 4.79 Å². The van der Waals surface area contributed by atoms with Gasteiger partial charge in [0.15, 0.2) is 6.61 Å². The van der Waals surface area contributed by atoms with Crippen LogP contribution < -0.4 is 4.74 Å². The maximum Gasteiger partial charge on any atom is 0.260 e. The van der Waals surface area contributed by atoms with Crippen LogP contribution in [0.15, 0.2) is 18.2 Å². The third-order valence-electron chi connectivity index (χ3n) is 4.13. The molecule has 114 valence electrons. The molecule has 1 fully saturated rings. The Kier molecular flexibility index (Phi) is 4.41. The van der Waals surface area contributed by atoms with Crippen molar-refractivity contribution >= 4 is 5.91 Å². The molecule has 5 nitrogen and oxygen atoms in total. The average molecular weight is 291 g/mol. The third kappa shape index (κ3) is 3.36. The number of carbonyl (C=O) groups excluding carboxylic acids is 1. The van der Waals surface area contributed by atoms with Gasteiger partial charge < -0.3 is 19.5 Å². The third-order valence-corrected chi connectivity index (χ3v) is 4.13. The number of aliphatic hydroxyl groups excluding tert-OH is 1. The molecule has 1 heterocycles. The molecule has 0 saturated carbocycles. The summed E-state index contributed by atoms with van der Waals surface area (Å²) < 4.78 is 10.8. The summed E-state index contributed by atoms with van der Waals surface area (Å²) in [6, 6.07) is 5.74. The van der Waals surface area contributed by atoms with Gasteiger partial charge in [0.1, 0.15) is 5.75 Å². The lowest BCUT2D eigenvalue weighted by molar-refractivity contribution is -0.137. The van der Waals surface area contributed by atoms with Crippen LogP contribution in [0.5, 0.6) is 5.75 Å². The minimum absolute atomic E-state index is 0.0171. The monoisotopic (exact) mass is 291 g/mol. The molecule has 0 radical (unpaired) electrons. The van der Waals surface area contributed by atoms with Crippen molar-refractivity contribution in [3.63, 3.8) is 0 Å². The number of ether oxygens (including phenoxy) is 2. The molecule has 0 spiro atoms. The van der Waals surface area contributed by atoms with Gasteiger partial charge in [0.2, 0.25) is 0 Å². The zero-order valence-electron chi connectivity index (χ0n) is 12.1. The smallest absolute Gasteiger partial charge is 0.260 e. The largest absolute Gasteiger partial charge is 0.484 e. The number of fused-ring (bicyclic) bond motifs is 1. The van der Waals surface area contributed by atoms with Gasteiger partial charge >= 0.3 is 0 Å². The second-order valence-corrected chi connectivity index (χ2v) is 5.55. The molecule has 1 aromatic rings. The van der Waals surface area contributed by atoms with Gasteiger partial charge in [-0.2, -0.15) is 0 Å². The topological polar surface area (TPSA) is 59.0 Å². The number of amides is 1. The summed E-state index contributed by atoms with van der Waals surface area (Å²) in [5.41, 5.74) is 2.12. The predicted molar refractivity (Wildman–Crippen MR) is 77.2 cm³/mol. The molecule has 21 heavy (non-hydrogen) atoms. The molecular formula is C16H21NO4. The van der Waals surface area contributed by atoms with E-state index in [0.717, 1.165) is 24.8 Å². The van der Waals surface area contributed by atoms with E-state index in [4.69, 9.17) is 9.47 Å². The van der Waals surface area contributed by atoms with Gasteiger partial charge in [0.05, 0.1) is 19.3 Å². The predicted octanol–water partition coefficient (Wildman–Crippen LogP) is 1.29. The first-order valence-corrected chi connectivity index (χ1v) is 7.53. The van der Waals surface area contributed by atoms with Crippen molar-refractivity contribution in [2.45, 2.75) is 25.4 Å². The van der Waals surface area contributed by atoms with Crippen LogP contribution in [0.25, 0.3) is 0 Å². The summed E-state index contributed by atoms with van der Waals surface area (Å²) in [4.78, 5) is 13.8. The minimum atomic E-state index is -0.410. The summed E-state index contributed by atoms with van der Waals surface area (Å²) in [5.74, 6) is 0.632. The van der Waals surface area contributed by atoms with E-state index in [-0.39, 0.29) is 12.5 Å². The molecule has 0 bridgehead atoms. The number of nitrogens with zero attached hydrogens (tertiary/aromatic N) is 1. The summed E-state index contributed by atoms with van der Waals surface area (Å²) >= 11 is 0. The number of benzene rings is 1. The highest BCUT2D eigenvalue weighted by atomic mass is 16.5. The fourth-order valence-electron chi connectivity index (χ4n) is 2.89. The Balaban J connectivity index is 1.60. The molecule has 1 N–H and O–H groups in total. The van der Waals surface area contributed by atoms with Crippen molar-refractivity contribution in [2.24, 2.45) is 0 Å². The van der Waals surface area contributed by atoms with Gasteiger partial charge in [0, 0.05) is 13.1 Å². The number of hydrogen-bond acceptors (Lipinski definition) is 4. The summed E-state index contributed by atoms with van der Waals surface area (Å²) in [5, 5.41) is 10.0. The highest BCUT2D eigenvalue weighted by Gasteiger charge is 2.20. The highest BCUT2D eigenvalue weighted by Crippen LogP contribution is 2.32. The number of rotatable bonds is 3. The fraction of sp³-hybridized carbons (Fsp3) is 0.562.